The third kappa shape index (κ3) is 4.95. The van der Waals surface area contributed by atoms with Crippen LogP contribution in [-0.4, -0.2) is 20.9 Å². The van der Waals surface area contributed by atoms with Gasteiger partial charge in [0.15, 0.2) is 0 Å². The van der Waals surface area contributed by atoms with Crippen molar-refractivity contribution in [3.05, 3.63) is 41.0 Å². The first kappa shape index (κ1) is 22.5. The normalized spacial score (nSPS) is 28.2. The largest absolute Gasteiger partial charge is 0.392 e. The van der Waals surface area contributed by atoms with E-state index in [2.05, 4.69) is 32.1 Å². The molecule has 29 heavy (non-hydrogen) atoms. The van der Waals surface area contributed by atoms with Gasteiger partial charge in [0.25, 0.3) is 0 Å². The zero-order valence-corrected chi connectivity index (χ0v) is 18.7. The lowest BCUT2D eigenvalue weighted by Crippen LogP contribution is -2.35. The Hall–Kier alpha value is -1.16. The third-order valence-electron chi connectivity index (χ3n) is 7.72. The number of rotatable bonds is 8. The molecule has 0 heterocycles. The first-order valence-electron chi connectivity index (χ1n) is 11.5. The second-order valence-corrected chi connectivity index (χ2v) is 10.5. The summed E-state index contributed by atoms with van der Waals surface area (Å²) in [6, 6.07) is 6.11. The zero-order valence-electron chi connectivity index (χ0n) is 18.7. The van der Waals surface area contributed by atoms with Gasteiger partial charge < -0.3 is 15.3 Å². The SMILES string of the molecule is C[C@H](CCCC(C)(C)O)C1CCC2C(c3cc(CO)cc(CO)c3)=CCC[C@@]21C. The van der Waals surface area contributed by atoms with Crippen molar-refractivity contribution in [3.8, 4) is 0 Å². The molecule has 0 radical (unpaired) electrons. The molecular formula is C26H40O3. The van der Waals surface area contributed by atoms with E-state index in [1.165, 1.54) is 36.8 Å². The van der Waals surface area contributed by atoms with Crippen LogP contribution < -0.4 is 0 Å². The molecule has 0 aliphatic heterocycles. The smallest absolute Gasteiger partial charge is 0.0682 e. The Labute approximate surface area is 176 Å². The molecule has 1 fully saturated rings. The Morgan fingerprint density at radius 2 is 1.76 bits per heavy atom. The molecule has 2 unspecified atom stereocenters. The molecule has 3 heteroatoms. The van der Waals surface area contributed by atoms with Crippen molar-refractivity contribution >= 4 is 5.57 Å². The lowest BCUT2D eigenvalue weighted by molar-refractivity contribution is 0.0620. The lowest BCUT2D eigenvalue weighted by Gasteiger charge is -2.43. The second-order valence-electron chi connectivity index (χ2n) is 10.5. The van der Waals surface area contributed by atoms with Gasteiger partial charge in [0, 0.05) is 0 Å². The predicted octanol–water partition coefficient (Wildman–Crippen LogP) is 5.46. The van der Waals surface area contributed by atoms with Gasteiger partial charge in [-0.2, -0.15) is 0 Å². The minimum absolute atomic E-state index is 0.0108. The van der Waals surface area contributed by atoms with Gasteiger partial charge in [0.05, 0.1) is 18.8 Å². The zero-order chi connectivity index (χ0) is 21.2. The molecule has 1 saturated carbocycles. The van der Waals surface area contributed by atoms with Crippen molar-refractivity contribution in [2.75, 3.05) is 0 Å². The molecule has 4 atom stereocenters. The van der Waals surface area contributed by atoms with E-state index in [4.69, 9.17) is 0 Å². The summed E-state index contributed by atoms with van der Waals surface area (Å²) in [5.74, 6) is 1.94. The average molecular weight is 401 g/mol. The van der Waals surface area contributed by atoms with Crippen LogP contribution in [-0.2, 0) is 13.2 Å². The fourth-order valence-electron chi connectivity index (χ4n) is 6.24. The summed E-state index contributed by atoms with van der Waals surface area (Å²) in [6.07, 6.45) is 10.4. The molecule has 1 aromatic carbocycles. The first-order chi connectivity index (χ1) is 13.7. The van der Waals surface area contributed by atoms with E-state index in [1.807, 2.05) is 19.9 Å². The molecule has 1 aromatic rings. The number of allylic oxidation sites excluding steroid dienone is 2. The van der Waals surface area contributed by atoms with Gasteiger partial charge in [-0.25, -0.2) is 0 Å². The summed E-state index contributed by atoms with van der Waals surface area (Å²) in [4.78, 5) is 0. The number of benzene rings is 1. The number of fused-ring (bicyclic) bond motifs is 1. The van der Waals surface area contributed by atoms with Gasteiger partial charge in [-0.05, 0) is 104 Å². The van der Waals surface area contributed by atoms with Crippen LogP contribution in [0.25, 0.3) is 5.57 Å². The van der Waals surface area contributed by atoms with Crippen molar-refractivity contribution in [1.82, 2.24) is 0 Å². The number of aliphatic hydroxyl groups is 3. The number of aliphatic hydroxyl groups excluding tert-OH is 2. The van der Waals surface area contributed by atoms with E-state index in [0.717, 1.165) is 36.3 Å². The van der Waals surface area contributed by atoms with Crippen LogP contribution in [0.4, 0.5) is 0 Å². The van der Waals surface area contributed by atoms with E-state index < -0.39 is 5.60 Å². The molecule has 0 saturated heterocycles. The van der Waals surface area contributed by atoms with Crippen LogP contribution in [0.2, 0.25) is 0 Å². The monoisotopic (exact) mass is 400 g/mol. The van der Waals surface area contributed by atoms with Crippen LogP contribution >= 0.6 is 0 Å². The second kappa shape index (κ2) is 8.91. The van der Waals surface area contributed by atoms with Crippen molar-refractivity contribution in [2.24, 2.45) is 23.2 Å². The van der Waals surface area contributed by atoms with Gasteiger partial charge in [-0.1, -0.05) is 38.8 Å². The van der Waals surface area contributed by atoms with Gasteiger partial charge >= 0.3 is 0 Å². The molecule has 0 aromatic heterocycles. The van der Waals surface area contributed by atoms with Crippen molar-refractivity contribution in [2.45, 2.75) is 91.5 Å². The standard InChI is InChI=1S/C26H40O3/c1-18(7-5-11-25(2,3)29)23-9-10-24-22(8-6-12-26(23,24)4)21-14-19(16-27)13-20(15-21)17-28/h8,13-15,18,23-24,27-29H,5-7,9-12,16-17H2,1-4H3/t18-,23?,24?,26-/m1/s1. The summed E-state index contributed by atoms with van der Waals surface area (Å²) in [5.41, 5.74) is 4.13. The fourth-order valence-corrected chi connectivity index (χ4v) is 6.24. The summed E-state index contributed by atoms with van der Waals surface area (Å²) in [7, 11) is 0. The summed E-state index contributed by atoms with van der Waals surface area (Å²) < 4.78 is 0. The molecule has 2 aliphatic carbocycles. The molecule has 0 amide bonds. The Morgan fingerprint density at radius 3 is 2.34 bits per heavy atom. The maximum Gasteiger partial charge on any atom is 0.0682 e. The van der Waals surface area contributed by atoms with E-state index in [0.29, 0.717) is 17.3 Å². The van der Waals surface area contributed by atoms with Crippen molar-refractivity contribution < 1.29 is 15.3 Å². The molecular weight excluding hydrogens is 360 g/mol. The van der Waals surface area contributed by atoms with E-state index in [-0.39, 0.29) is 13.2 Å². The molecule has 3 rings (SSSR count). The van der Waals surface area contributed by atoms with E-state index in [1.54, 1.807) is 0 Å². The Balaban J connectivity index is 1.79. The average Bonchev–Trinajstić information content (AvgIpc) is 3.03. The van der Waals surface area contributed by atoms with Gasteiger partial charge in [0.1, 0.15) is 0 Å². The fraction of sp³-hybridized carbons (Fsp3) is 0.692. The third-order valence-corrected chi connectivity index (χ3v) is 7.72. The molecule has 162 valence electrons. The van der Waals surface area contributed by atoms with Crippen LogP contribution in [0, 0.1) is 23.2 Å². The molecule has 3 N–H and O–H groups in total. The van der Waals surface area contributed by atoms with E-state index >= 15 is 0 Å². The highest BCUT2D eigenvalue weighted by molar-refractivity contribution is 5.70. The Bertz CT molecular complexity index is 708. The number of hydrogen-bond donors (Lipinski definition) is 3. The summed E-state index contributed by atoms with van der Waals surface area (Å²) in [6.45, 7) is 8.75. The first-order valence-corrected chi connectivity index (χ1v) is 11.5. The van der Waals surface area contributed by atoms with Crippen LogP contribution in [0.1, 0.15) is 89.3 Å². The van der Waals surface area contributed by atoms with Crippen molar-refractivity contribution in [1.29, 1.82) is 0 Å². The van der Waals surface area contributed by atoms with Crippen LogP contribution in [0.3, 0.4) is 0 Å². The van der Waals surface area contributed by atoms with Crippen LogP contribution in [0.5, 0.6) is 0 Å². The summed E-state index contributed by atoms with van der Waals surface area (Å²) >= 11 is 0. The van der Waals surface area contributed by atoms with Crippen LogP contribution in [0.15, 0.2) is 24.3 Å². The number of hydrogen-bond acceptors (Lipinski definition) is 3. The minimum atomic E-state index is -0.565. The summed E-state index contributed by atoms with van der Waals surface area (Å²) in [5, 5.41) is 29.3. The van der Waals surface area contributed by atoms with Gasteiger partial charge in [-0.3, -0.25) is 0 Å². The highest BCUT2D eigenvalue weighted by Crippen LogP contribution is 2.60. The quantitative estimate of drug-likeness (QED) is 0.543. The topological polar surface area (TPSA) is 60.7 Å². The molecule has 2 aliphatic rings. The van der Waals surface area contributed by atoms with Gasteiger partial charge in [-0.15, -0.1) is 0 Å². The minimum Gasteiger partial charge on any atom is -0.392 e. The molecule has 0 spiro atoms. The van der Waals surface area contributed by atoms with Gasteiger partial charge in [0.2, 0.25) is 0 Å². The predicted molar refractivity (Wildman–Crippen MR) is 119 cm³/mol. The highest BCUT2D eigenvalue weighted by atomic mass is 16.3. The maximum absolute atomic E-state index is 10.0. The van der Waals surface area contributed by atoms with E-state index in [9.17, 15) is 15.3 Å². The Kier molecular flexibility index (Phi) is 6.92. The van der Waals surface area contributed by atoms with Crippen molar-refractivity contribution in [3.63, 3.8) is 0 Å². The molecule has 0 bridgehead atoms. The molecule has 3 nitrogen and oxygen atoms in total. The maximum atomic E-state index is 10.0. The lowest BCUT2D eigenvalue weighted by atomic mass is 9.61. The highest BCUT2D eigenvalue weighted by Gasteiger charge is 2.50. The Morgan fingerprint density at radius 1 is 1.10 bits per heavy atom.